The number of hydrogen-bond donors (Lipinski definition) is 1. The number of aromatic nitrogens is 2. The molecular formula is C30H37ClN4O5. The molecule has 10 heteroatoms. The van der Waals surface area contributed by atoms with E-state index in [0.29, 0.717) is 49.5 Å². The average Bonchev–Trinajstić information content (AvgIpc) is 3.37. The first-order chi connectivity index (χ1) is 19.1. The quantitative estimate of drug-likeness (QED) is 0.378. The van der Waals surface area contributed by atoms with E-state index in [9.17, 15) is 9.59 Å². The van der Waals surface area contributed by atoms with Crippen LogP contribution in [0.2, 0.25) is 5.02 Å². The maximum absolute atomic E-state index is 13.5. The lowest BCUT2D eigenvalue weighted by Gasteiger charge is -2.34. The number of hydrogen-bond acceptors (Lipinski definition) is 6. The Labute approximate surface area is 240 Å². The number of rotatable bonds is 8. The molecule has 1 aliphatic heterocycles. The fraction of sp³-hybridized carbons (Fsp3) is 0.433. The van der Waals surface area contributed by atoms with Gasteiger partial charge in [0, 0.05) is 30.6 Å². The molecule has 0 radical (unpaired) electrons. The van der Waals surface area contributed by atoms with Gasteiger partial charge in [0.25, 0.3) is 5.91 Å². The minimum atomic E-state index is -0.556. The molecule has 214 valence electrons. The molecule has 0 atom stereocenters. The van der Waals surface area contributed by atoms with Gasteiger partial charge in [-0.05, 0) is 82.0 Å². The summed E-state index contributed by atoms with van der Waals surface area (Å²) in [6.07, 6.45) is 3.20. The Morgan fingerprint density at radius 1 is 1.07 bits per heavy atom. The SMILES string of the molecule is COc1ccc(OC)c(CCNC(=O)c2cnn(-c3cccc(Cl)c3)c2C2CCN(C(=O)OC(C)(C)C)CC2)c1. The third-order valence-electron chi connectivity index (χ3n) is 6.80. The Balaban J connectivity index is 1.53. The van der Waals surface area contributed by atoms with E-state index in [1.54, 1.807) is 36.1 Å². The van der Waals surface area contributed by atoms with E-state index < -0.39 is 5.60 Å². The summed E-state index contributed by atoms with van der Waals surface area (Å²) in [5.41, 5.74) is 2.47. The largest absolute Gasteiger partial charge is 0.497 e. The van der Waals surface area contributed by atoms with Crippen LogP contribution in [-0.4, -0.2) is 66.1 Å². The van der Waals surface area contributed by atoms with Crippen molar-refractivity contribution < 1.29 is 23.8 Å². The number of piperidine rings is 1. The van der Waals surface area contributed by atoms with Crippen LogP contribution in [0.15, 0.2) is 48.7 Å². The molecule has 0 spiro atoms. The predicted octanol–water partition coefficient (Wildman–Crippen LogP) is 5.63. The molecule has 2 aromatic carbocycles. The molecule has 0 saturated carbocycles. The molecule has 2 heterocycles. The highest BCUT2D eigenvalue weighted by Gasteiger charge is 2.32. The van der Waals surface area contributed by atoms with Gasteiger partial charge in [0.2, 0.25) is 0 Å². The summed E-state index contributed by atoms with van der Waals surface area (Å²) in [5.74, 6) is 1.27. The third-order valence-corrected chi connectivity index (χ3v) is 7.04. The topological polar surface area (TPSA) is 94.9 Å². The number of amides is 2. The van der Waals surface area contributed by atoms with Gasteiger partial charge in [-0.15, -0.1) is 0 Å². The fourth-order valence-electron chi connectivity index (χ4n) is 4.88. The zero-order valence-corrected chi connectivity index (χ0v) is 24.5. The molecule has 0 aliphatic carbocycles. The minimum Gasteiger partial charge on any atom is -0.497 e. The normalized spacial score (nSPS) is 14.1. The van der Waals surface area contributed by atoms with Gasteiger partial charge in [-0.1, -0.05) is 17.7 Å². The van der Waals surface area contributed by atoms with Crippen molar-refractivity contribution in [3.05, 3.63) is 70.5 Å². The fourth-order valence-corrected chi connectivity index (χ4v) is 5.07. The summed E-state index contributed by atoms with van der Waals surface area (Å²) >= 11 is 6.28. The van der Waals surface area contributed by atoms with E-state index in [-0.39, 0.29) is 17.9 Å². The lowest BCUT2D eigenvalue weighted by atomic mass is 9.91. The average molecular weight is 569 g/mol. The second kappa shape index (κ2) is 12.6. The van der Waals surface area contributed by atoms with Crippen LogP contribution in [0.3, 0.4) is 0 Å². The first-order valence-corrected chi connectivity index (χ1v) is 13.8. The van der Waals surface area contributed by atoms with E-state index in [0.717, 1.165) is 28.4 Å². The van der Waals surface area contributed by atoms with Crippen molar-refractivity contribution in [3.63, 3.8) is 0 Å². The van der Waals surface area contributed by atoms with Crippen molar-refractivity contribution in [3.8, 4) is 17.2 Å². The van der Waals surface area contributed by atoms with E-state index in [1.807, 2.05) is 57.2 Å². The van der Waals surface area contributed by atoms with E-state index >= 15 is 0 Å². The molecule has 3 aromatic rings. The van der Waals surface area contributed by atoms with E-state index in [4.69, 9.17) is 25.8 Å². The number of carbonyl (C=O) groups excluding carboxylic acids is 2. The van der Waals surface area contributed by atoms with Crippen LogP contribution < -0.4 is 14.8 Å². The van der Waals surface area contributed by atoms with Crippen LogP contribution in [0.1, 0.15) is 61.1 Å². The number of halogens is 1. The Morgan fingerprint density at radius 2 is 1.82 bits per heavy atom. The predicted molar refractivity (Wildman–Crippen MR) is 154 cm³/mol. The first kappa shape index (κ1) is 29.3. The summed E-state index contributed by atoms with van der Waals surface area (Å²) in [4.78, 5) is 27.8. The number of nitrogens with one attached hydrogen (secondary N) is 1. The first-order valence-electron chi connectivity index (χ1n) is 13.4. The van der Waals surface area contributed by atoms with Crippen LogP contribution >= 0.6 is 11.6 Å². The highest BCUT2D eigenvalue weighted by Crippen LogP contribution is 2.33. The van der Waals surface area contributed by atoms with Crippen LogP contribution in [0.4, 0.5) is 4.79 Å². The molecule has 1 N–H and O–H groups in total. The molecule has 4 rings (SSSR count). The molecule has 1 aliphatic rings. The van der Waals surface area contributed by atoms with Gasteiger partial charge in [0.05, 0.1) is 37.4 Å². The van der Waals surface area contributed by atoms with Gasteiger partial charge >= 0.3 is 6.09 Å². The molecule has 1 fully saturated rings. The number of likely N-dealkylation sites (tertiary alicyclic amines) is 1. The molecule has 1 saturated heterocycles. The smallest absolute Gasteiger partial charge is 0.410 e. The van der Waals surface area contributed by atoms with Crippen molar-refractivity contribution in [1.29, 1.82) is 0 Å². The van der Waals surface area contributed by atoms with Gasteiger partial charge in [-0.2, -0.15) is 5.10 Å². The minimum absolute atomic E-state index is 0.0133. The van der Waals surface area contributed by atoms with Crippen molar-refractivity contribution in [2.24, 2.45) is 0 Å². The second-order valence-electron chi connectivity index (χ2n) is 10.8. The zero-order valence-electron chi connectivity index (χ0n) is 23.7. The summed E-state index contributed by atoms with van der Waals surface area (Å²) in [5, 5.41) is 8.22. The summed E-state index contributed by atoms with van der Waals surface area (Å²) in [6, 6.07) is 13.0. The highest BCUT2D eigenvalue weighted by molar-refractivity contribution is 6.30. The molecule has 40 heavy (non-hydrogen) atoms. The van der Waals surface area contributed by atoms with Crippen molar-refractivity contribution in [2.75, 3.05) is 33.9 Å². The highest BCUT2D eigenvalue weighted by atomic mass is 35.5. The lowest BCUT2D eigenvalue weighted by molar-refractivity contribution is 0.0203. The van der Waals surface area contributed by atoms with Crippen LogP contribution in [0, 0.1) is 0 Å². The van der Waals surface area contributed by atoms with Crippen LogP contribution in [0.25, 0.3) is 5.69 Å². The Morgan fingerprint density at radius 3 is 2.48 bits per heavy atom. The zero-order chi connectivity index (χ0) is 28.9. The number of nitrogens with zero attached hydrogens (tertiary/aromatic N) is 3. The number of methoxy groups -OCH3 is 2. The molecular weight excluding hydrogens is 532 g/mol. The van der Waals surface area contributed by atoms with Gasteiger partial charge in [-0.25, -0.2) is 9.48 Å². The monoisotopic (exact) mass is 568 g/mol. The Bertz CT molecular complexity index is 1340. The molecule has 2 amide bonds. The maximum atomic E-state index is 13.5. The molecule has 1 aromatic heterocycles. The Kier molecular flexibility index (Phi) is 9.25. The van der Waals surface area contributed by atoms with Crippen molar-refractivity contribution in [2.45, 2.75) is 51.6 Å². The van der Waals surface area contributed by atoms with Gasteiger partial charge < -0.3 is 24.4 Å². The Hall–Kier alpha value is -3.72. The standard InChI is InChI=1S/C30H37ClN4O5/c1-30(2,3)40-29(37)34-15-12-20(13-16-34)27-25(19-33-35(27)23-8-6-7-22(31)18-23)28(36)32-14-11-21-17-24(38-4)9-10-26(21)39-5/h6-10,17-20H,11-16H2,1-5H3,(H,32,36). The summed E-state index contributed by atoms with van der Waals surface area (Å²) in [6.45, 7) is 7.03. The molecule has 0 bridgehead atoms. The molecule has 0 unspecified atom stereocenters. The number of benzene rings is 2. The number of carbonyl (C=O) groups is 2. The summed E-state index contributed by atoms with van der Waals surface area (Å²) in [7, 11) is 3.24. The van der Waals surface area contributed by atoms with Gasteiger partial charge in [0.15, 0.2) is 0 Å². The lowest BCUT2D eigenvalue weighted by Crippen LogP contribution is -2.41. The van der Waals surface area contributed by atoms with Gasteiger partial charge in [0.1, 0.15) is 17.1 Å². The number of ether oxygens (including phenoxy) is 3. The van der Waals surface area contributed by atoms with E-state index in [1.165, 1.54) is 0 Å². The van der Waals surface area contributed by atoms with E-state index in [2.05, 4.69) is 10.4 Å². The van der Waals surface area contributed by atoms with Crippen molar-refractivity contribution >= 4 is 23.6 Å². The summed E-state index contributed by atoms with van der Waals surface area (Å²) < 4.78 is 18.2. The van der Waals surface area contributed by atoms with Gasteiger partial charge in [-0.3, -0.25) is 4.79 Å². The second-order valence-corrected chi connectivity index (χ2v) is 11.2. The van der Waals surface area contributed by atoms with Crippen molar-refractivity contribution in [1.82, 2.24) is 20.0 Å². The van der Waals surface area contributed by atoms with Crippen LogP contribution in [-0.2, 0) is 11.2 Å². The van der Waals surface area contributed by atoms with Crippen LogP contribution in [0.5, 0.6) is 11.5 Å². The maximum Gasteiger partial charge on any atom is 0.410 e. The third kappa shape index (κ3) is 7.07. The molecule has 9 nitrogen and oxygen atoms in total.